The molecule has 0 amide bonds. The summed E-state index contributed by atoms with van der Waals surface area (Å²) < 4.78 is 5.03. The highest BCUT2D eigenvalue weighted by Crippen LogP contribution is 2.24. The third-order valence-corrected chi connectivity index (χ3v) is 2.77. The third-order valence-electron chi connectivity index (χ3n) is 2.77. The van der Waals surface area contributed by atoms with Crippen molar-refractivity contribution in [3.63, 3.8) is 0 Å². The van der Waals surface area contributed by atoms with E-state index < -0.39 is 12.4 Å². The molecule has 0 aliphatic carbocycles. The summed E-state index contributed by atoms with van der Waals surface area (Å²) in [7, 11) is 5.58. The summed E-state index contributed by atoms with van der Waals surface area (Å²) in [6.07, 6.45) is -0.991. The van der Waals surface area contributed by atoms with Gasteiger partial charge in [-0.25, -0.2) is 0 Å². The molecular formula is C11H14BNO3. The highest BCUT2D eigenvalue weighted by Gasteiger charge is 2.28. The Balaban J connectivity index is 2.24. The van der Waals surface area contributed by atoms with Crippen LogP contribution in [0.2, 0.25) is 0 Å². The number of benzene rings is 1. The molecule has 2 atom stereocenters. The summed E-state index contributed by atoms with van der Waals surface area (Å²) in [6.45, 7) is 2.39. The van der Waals surface area contributed by atoms with E-state index in [0.29, 0.717) is 6.54 Å². The van der Waals surface area contributed by atoms with Gasteiger partial charge in [0.05, 0.1) is 6.61 Å². The van der Waals surface area contributed by atoms with Crippen molar-refractivity contribution in [2.75, 3.05) is 11.4 Å². The lowest BCUT2D eigenvalue weighted by Crippen LogP contribution is -2.29. The van der Waals surface area contributed by atoms with Crippen molar-refractivity contribution in [1.82, 2.24) is 0 Å². The van der Waals surface area contributed by atoms with E-state index >= 15 is 0 Å². The van der Waals surface area contributed by atoms with Crippen molar-refractivity contribution in [3.05, 3.63) is 29.3 Å². The second-order valence-corrected chi connectivity index (χ2v) is 3.92. The van der Waals surface area contributed by atoms with Crippen molar-refractivity contribution in [2.45, 2.75) is 25.9 Å². The number of hydrogen-bond donors (Lipinski definition) is 2. The molecule has 1 aliphatic rings. The van der Waals surface area contributed by atoms with Crippen LogP contribution in [0.5, 0.6) is 0 Å². The number of ether oxygens (including phenoxy) is 1. The van der Waals surface area contributed by atoms with Gasteiger partial charge in [-0.2, -0.15) is 0 Å². The molecule has 0 saturated carbocycles. The molecule has 5 heteroatoms. The molecule has 2 unspecified atom stereocenters. The molecule has 0 aromatic heterocycles. The molecular weight excluding hydrogens is 205 g/mol. The van der Waals surface area contributed by atoms with E-state index in [0.717, 1.165) is 16.8 Å². The van der Waals surface area contributed by atoms with Crippen LogP contribution >= 0.6 is 0 Å². The first-order valence-electron chi connectivity index (χ1n) is 5.18. The monoisotopic (exact) mass is 219 g/mol. The fraction of sp³-hybridized carbons (Fsp3) is 0.455. The molecule has 1 saturated heterocycles. The fourth-order valence-electron chi connectivity index (χ4n) is 1.83. The highest BCUT2D eigenvalue weighted by molar-refractivity contribution is 6.11. The van der Waals surface area contributed by atoms with E-state index in [4.69, 9.17) is 17.7 Å². The number of aliphatic hydroxyl groups excluding tert-OH is 2. The maximum Gasteiger partial charge on any atom is 0.237 e. The van der Waals surface area contributed by atoms with E-state index in [9.17, 15) is 5.11 Å². The van der Waals surface area contributed by atoms with Crippen LogP contribution < -0.4 is 4.90 Å². The van der Waals surface area contributed by atoms with Crippen LogP contribution in [-0.2, 0) is 11.3 Å². The molecule has 2 rings (SSSR count). The van der Waals surface area contributed by atoms with Crippen LogP contribution in [0.3, 0.4) is 0 Å². The van der Waals surface area contributed by atoms with Crippen LogP contribution in [0.1, 0.15) is 11.1 Å². The average molecular weight is 219 g/mol. The van der Waals surface area contributed by atoms with Gasteiger partial charge in [0.2, 0.25) is 6.41 Å². The number of aliphatic hydroxyl groups is 2. The second-order valence-electron chi connectivity index (χ2n) is 3.92. The Morgan fingerprint density at radius 2 is 2.31 bits per heavy atom. The van der Waals surface area contributed by atoms with Crippen molar-refractivity contribution in [1.29, 1.82) is 0 Å². The molecule has 1 heterocycles. The smallest absolute Gasteiger partial charge is 0.237 e. The van der Waals surface area contributed by atoms with E-state index in [1.807, 2.05) is 25.1 Å². The maximum atomic E-state index is 9.60. The predicted octanol–water partition coefficient (Wildman–Crippen LogP) is 0.0944. The van der Waals surface area contributed by atoms with Crippen LogP contribution in [0.4, 0.5) is 5.69 Å². The second kappa shape index (κ2) is 4.45. The lowest BCUT2D eigenvalue weighted by molar-refractivity contribution is -0.0682. The van der Waals surface area contributed by atoms with Crippen molar-refractivity contribution < 1.29 is 14.9 Å². The molecule has 4 nitrogen and oxygen atoms in total. The van der Waals surface area contributed by atoms with Crippen LogP contribution in [0, 0.1) is 6.92 Å². The van der Waals surface area contributed by atoms with E-state index in [-0.39, 0.29) is 6.61 Å². The minimum Gasteiger partial charge on any atom is -0.392 e. The van der Waals surface area contributed by atoms with Crippen LogP contribution in [-0.4, -0.2) is 37.0 Å². The third kappa shape index (κ3) is 2.07. The van der Waals surface area contributed by atoms with Gasteiger partial charge in [0.25, 0.3) is 0 Å². The van der Waals surface area contributed by atoms with E-state index in [2.05, 4.69) is 0 Å². The molecule has 2 N–H and O–H groups in total. The van der Waals surface area contributed by atoms with Gasteiger partial charge >= 0.3 is 0 Å². The normalized spacial score (nSPS) is 25.1. The first-order chi connectivity index (χ1) is 7.61. The van der Waals surface area contributed by atoms with Crippen molar-refractivity contribution in [2.24, 2.45) is 0 Å². The standard InChI is InChI=1S/C11H14BNO3/c1-7-4-9(3-2-8(7)6-14)13-5-10(12)16-11(13)15/h2-4,10-11,14-15H,5-6H2,1H3. The lowest BCUT2D eigenvalue weighted by atomic mass is 10.0. The number of anilines is 1. The van der Waals surface area contributed by atoms with Crippen LogP contribution in [0.15, 0.2) is 18.2 Å². The van der Waals surface area contributed by atoms with Gasteiger partial charge in [-0.3, -0.25) is 0 Å². The van der Waals surface area contributed by atoms with Gasteiger partial charge in [-0.05, 0) is 30.2 Å². The van der Waals surface area contributed by atoms with Crippen molar-refractivity contribution >= 4 is 13.5 Å². The summed E-state index contributed by atoms with van der Waals surface area (Å²) in [5.41, 5.74) is 2.70. The first kappa shape index (κ1) is 11.5. The Labute approximate surface area is 95.9 Å². The summed E-state index contributed by atoms with van der Waals surface area (Å²) in [4.78, 5) is 1.68. The Hall–Kier alpha value is -1.04. The first-order valence-corrected chi connectivity index (χ1v) is 5.18. The van der Waals surface area contributed by atoms with Gasteiger partial charge in [-0.15, -0.1) is 0 Å². The molecule has 84 valence electrons. The molecule has 0 spiro atoms. The summed E-state index contributed by atoms with van der Waals surface area (Å²) in [6, 6.07) is 5.11. The molecule has 1 aromatic rings. The zero-order chi connectivity index (χ0) is 11.7. The number of hydrogen-bond acceptors (Lipinski definition) is 4. The van der Waals surface area contributed by atoms with Gasteiger partial charge in [0, 0.05) is 18.2 Å². The zero-order valence-corrected chi connectivity index (χ0v) is 9.13. The number of rotatable bonds is 2. The quantitative estimate of drug-likeness (QED) is 0.692. The minimum atomic E-state index is -0.991. The Morgan fingerprint density at radius 3 is 2.81 bits per heavy atom. The molecule has 1 aromatic carbocycles. The molecule has 16 heavy (non-hydrogen) atoms. The molecule has 1 fully saturated rings. The largest absolute Gasteiger partial charge is 0.392 e. The average Bonchev–Trinajstić information content (AvgIpc) is 2.58. The maximum absolute atomic E-state index is 9.60. The Bertz CT molecular complexity index is 385. The zero-order valence-electron chi connectivity index (χ0n) is 9.13. The number of aryl methyl sites for hydroxylation is 1. The summed E-state index contributed by atoms with van der Waals surface area (Å²) in [5.74, 6) is 0. The minimum absolute atomic E-state index is 0.0185. The van der Waals surface area contributed by atoms with Gasteiger partial charge in [-0.1, -0.05) is 6.07 Å². The van der Waals surface area contributed by atoms with Gasteiger partial charge < -0.3 is 19.8 Å². The van der Waals surface area contributed by atoms with E-state index in [1.54, 1.807) is 4.90 Å². The SMILES string of the molecule is [B]C1CN(c2ccc(CO)c(C)c2)C(O)O1. The fourth-order valence-corrected chi connectivity index (χ4v) is 1.83. The topological polar surface area (TPSA) is 52.9 Å². The Kier molecular flexibility index (Phi) is 3.19. The lowest BCUT2D eigenvalue weighted by Gasteiger charge is -2.21. The van der Waals surface area contributed by atoms with Crippen LogP contribution in [0.25, 0.3) is 0 Å². The number of nitrogens with zero attached hydrogens (tertiary/aromatic N) is 1. The van der Waals surface area contributed by atoms with E-state index in [1.165, 1.54) is 0 Å². The summed E-state index contributed by atoms with van der Waals surface area (Å²) >= 11 is 0. The predicted molar refractivity (Wildman–Crippen MR) is 61.1 cm³/mol. The summed E-state index contributed by atoms with van der Waals surface area (Å²) in [5, 5.41) is 18.7. The molecule has 0 bridgehead atoms. The molecule has 2 radical (unpaired) electrons. The van der Waals surface area contributed by atoms with Gasteiger partial charge in [0.15, 0.2) is 0 Å². The highest BCUT2D eigenvalue weighted by atomic mass is 16.6. The molecule has 1 aliphatic heterocycles. The van der Waals surface area contributed by atoms with Gasteiger partial charge in [0.1, 0.15) is 7.85 Å². The van der Waals surface area contributed by atoms with Crippen molar-refractivity contribution in [3.8, 4) is 0 Å². The Morgan fingerprint density at radius 1 is 1.56 bits per heavy atom.